The molecule has 1 aromatic carbocycles. The zero-order valence-corrected chi connectivity index (χ0v) is 10.3. The number of nitrogens with one attached hydrogen (secondary N) is 1. The van der Waals surface area contributed by atoms with E-state index in [0.717, 1.165) is 10.9 Å². The van der Waals surface area contributed by atoms with Gasteiger partial charge in [-0.25, -0.2) is 0 Å². The van der Waals surface area contributed by atoms with Gasteiger partial charge in [0.25, 0.3) is 0 Å². The lowest BCUT2D eigenvalue weighted by Gasteiger charge is -2.30. The molecule has 0 spiro atoms. The molecule has 2 heteroatoms. The first-order chi connectivity index (χ1) is 7.78. The van der Waals surface area contributed by atoms with Crippen molar-refractivity contribution in [3.8, 4) is 0 Å². The molecule has 1 aliphatic carbocycles. The minimum absolute atomic E-state index is 0.411. The van der Waals surface area contributed by atoms with Crippen LogP contribution in [-0.2, 0) is 6.42 Å². The SMILES string of the molecule is Clc1ccc(CC2(C3CC3)CCCN2)cc1. The quantitative estimate of drug-likeness (QED) is 0.847. The Morgan fingerprint density at radius 3 is 2.56 bits per heavy atom. The van der Waals surface area contributed by atoms with Gasteiger partial charge >= 0.3 is 0 Å². The van der Waals surface area contributed by atoms with E-state index < -0.39 is 0 Å². The summed E-state index contributed by atoms with van der Waals surface area (Å²) >= 11 is 5.92. The van der Waals surface area contributed by atoms with Crippen LogP contribution in [0.15, 0.2) is 24.3 Å². The highest BCUT2D eigenvalue weighted by molar-refractivity contribution is 6.30. The van der Waals surface area contributed by atoms with Crippen molar-refractivity contribution in [1.82, 2.24) is 5.32 Å². The molecule has 1 aromatic rings. The van der Waals surface area contributed by atoms with Crippen LogP contribution >= 0.6 is 11.6 Å². The maximum Gasteiger partial charge on any atom is 0.0406 e. The van der Waals surface area contributed by atoms with Gasteiger partial charge in [-0.3, -0.25) is 0 Å². The third-order valence-electron chi connectivity index (χ3n) is 4.07. The van der Waals surface area contributed by atoms with Gasteiger partial charge in [-0.1, -0.05) is 23.7 Å². The monoisotopic (exact) mass is 235 g/mol. The molecule has 0 amide bonds. The van der Waals surface area contributed by atoms with E-state index in [1.165, 1.54) is 44.2 Å². The van der Waals surface area contributed by atoms with Crippen LogP contribution in [0, 0.1) is 5.92 Å². The lowest BCUT2D eigenvalue weighted by atomic mass is 9.85. The van der Waals surface area contributed by atoms with E-state index >= 15 is 0 Å². The van der Waals surface area contributed by atoms with Crippen molar-refractivity contribution < 1.29 is 0 Å². The van der Waals surface area contributed by atoms with E-state index in [2.05, 4.69) is 17.4 Å². The summed E-state index contributed by atoms with van der Waals surface area (Å²) in [7, 11) is 0. The van der Waals surface area contributed by atoms with E-state index in [9.17, 15) is 0 Å². The Morgan fingerprint density at radius 2 is 2.00 bits per heavy atom. The van der Waals surface area contributed by atoms with Crippen LogP contribution in [0.2, 0.25) is 5.02 Å². The molecule has 2 fully saturated rings. The third-order valence-corrected chi connectivity index (χ3v) is 4.32. The first kappa shape index (κ1) is 10.6. The highest BCUT2D eigenvalue weighted by Gasteiger charge is 2.46. The second-order valence-electron chi connectivity index (χ2n) is 5.26. The van der Waals surface area contributed by atoms with Gasteiger partial charge < -0.3 is 5.32 Å². The second-order valence-corrected chi connectivity index (χ2v) is 5.70. The highest BCUT2D eigenvalue weighted by Crippen LogP contribution is 2.45. The molecule has 1 nitrogen and oxygen atoms in total. The molecule has 16 heavy (non-hydrogen) atoms. The zero-order valence-electron chi connectivity index (χ0n) is 9.51. The molecule has 1 heterocycles. The van der Waals surface area contributed by atoms with Crippen molar-refractivity contribution in [3.05, 3.63) is 34.9 Å². The molecular formula is C14H18ClN. The Hall–Kier alpha value is -0.530. The molecular weight excluding hydrogens is 218 g/mol. The minimum Gasteiger partial charge on any atom is -0.311 e. The van der Waals surface area contributed by atoms with Gasteiger partial charge in [-0.2, -0.15) is 0 Å². The predicted octanol–water partition coefficient (Wildman–Crippen LogP) is 3.41. The van der Waals surface area contributed by atoms with Gasteiger partial charge in [-0.15, -0.1) is 0 Å². The van der Waals surface area contributed by atoms with Crippen molar-refractivity contribution in [1.29, 1.82) is 0 Å². The van der Waals surface area contributed by atoms with E-state index in [1.54, 1.807) is 0 Å². The molecule has 1 unspecified atom stereocenters. The Morgan fingerprint density at radius 1 is 1.25 bits per heavy atom. The van der Waals surface area contributed by atoms with Crippen LogP contribution in [0.3, 0.4) is 0 Å². The van der Waals surface area contributed by atoms with E-state index in [4.69, 9.17) is 11.6 Å². The molecule has 86 valence electrons. The summed E-state index contributed by atoms with van der Waals surface area (Å²) in [6, 6.07) is 8.36. The van der Waals surface area contributed by atoms with Gasteiger partial charge in [0.05, 0.1) is 0 Å². The molecule has 0 aromatic heterocycles. The fraction of sp³-hybridized carbons (Fsp3) is 0.571. The molecule has 1 atom stereocenters. The van der Waals surface area contributed by atoms with Crippen LogP contribution < -0.4 is 5.32 Å². The van der Waals surface area contributed by atoms with Gasteiger partial charge in [0.1, 0.15) is 0 Å². The summed E-state index contributed by atoms with van der Waals surface area (Å²) in [5.41, 5.74) is 1.83. The standard InChI is InChI=1S/C14H18ClN/c15-13-6-2-11(3-7-13)10-14(12-4-5-12)8-1-9-16-14/h2-3,6-7,12,16H,1,4-5,8-10H2. The molecule has 3 rings (SSSR count). The summed E-state index contributed by atoms with van der Waals surface area (Å²) in [6.07, 6.45) is 6.69. The average molecular weight is 236 g/mol. The Bertz CT molecular complexity index is 361. The lowest BCUT2D eigenvalue weighted by molar-refractivity contribution is 0.323. The van der Waals surface area contributed by atoms with Crippen molar-refractivity contribution in [2.45, 2.75) is 37.6 Å². The summed E-state index contributed by atoms with van der Waals surface area (Å²) in [5.74, 6) is 0.922. The Labute approximate surface area is 102 Å². The molecule has 2 aliphatic rings. The van der Waals surface area contributed by atoms with Crippen LogP contribution in [0.1, 0.15) is 31.2 Å². The molecule has 1 saturated carbocycles. The van der Waals surface area contributed by atoms with Crippen LogP contribution in [0.5, 0.6) is 0 Å². The average Bonchev–Trinajstić information content (AvgIpc) is 3.05. The van der Waals surface area contributed by atoms with Crippen molar-refractivity contribution in [3.63, 3.8) is 0 Å². The smallest absolute Gasteiger partial charge is 0.0406 e. The Balaban J connectivity index is 1.78. The number of rotatable bonds is 3. The predicted molar refractivity (Wildman–Crippen MR) is 67.8 cm³/mol. The van der Waals surface area contributed by atoms with Gasteiger partial charge in [-0.05, 0) is 62.3 Å². The fourth-order valence-electron chi connectivity index (χ4n) is 3.08. The highest BCUT2D eigenvalue weighted by atomic mass is 35.5. The molecule has 0 radical (unpaired) electrons. The number of benzene rings is 1. The maximum atomic E-state index is 5.92. The number of hydrogen-bond acceptors (Lipinski definition) is 1. The third kappa shape index (κ3) is 1.99. The summed E-state index contributed by atoms with van der Waals surface area (Å²) in [6.45, 7) is 1.20. The van der Waals surface area contributed by atoms with Crippen LogP contribution in [0.4, 0.5) is 0 Å². The molecule has 1 aliphatic heterocycles. The van der Waals surface area contributed by atoms with Crippen LogP contribution in [-0.4, -0.2) is 12.1 Å². The fourth-order valence-corrected chi connectivity index (χ4v) is 3.20. The summed E-state index contributed by atoms with van der Waals surface area (Å²) in [4.78, 5) is 0. The first-order valence-corrected chi connectivity index (χ1v) is 6.66. The molecule has 1 N–H and O–H groups in total. The molecule has 0 bridgehead atoms. The number of halogens is 1. The second kappa shape index (κ2) is 4.05. The largest absolute Gasteiger partial charge is 0.311 e. The van der Waals surface area contributed by atoms with Crippen molar-refractivity contribution >= 4 is 11.6 Å². The van der Waals surface area contributed by atoms with Crippen molar-refractivity contribution in [2.24, 2.45) is 5.92 Å². The maximum absolute atomic E-state index is 5.92. The minimum atomic E-state index is 0.411. The van der Waals surface area contributed by atoms with E-state index in [1.807, 2.05) is 12.1 Å². The summed E-state index contributed by atoms with van der Waals surface area (Å²) < 4.78 is 0. The van der Waals surface area contributed by atoms with Gasteiger partial charge in [0, 0.05) is 10.6 Å². The zero-order chi connectivity index (χ0) is 11.0. The first-order valence-electron chi connectivity index (χ1n) is 6.28. The normalized spacial score (nSPS) is 29.6. The van der Waals surface area contributed by atoms with Gasteiger partial charge in [0.2, 0.25) is 0 Å². The van der Waals surface area contributed by atoms with E-state index in [0.29, 0.717) is 5.54 Å². The van der Waals surface area contributed by atoms with Crippen LogP contribution in [0.25, 0.3) is 0 Å². The lowest BCUT2D eigenvalue weighted by Crippen LogP contribution is -2.44. The summed E-state index contributed by atoms with van der Waals surface area (Å²) in [5, 5.41) is 4.60. The van der Waals surface area contributed by atoms with Gasteiger partial charge in [0.15, 0.2) is 0 Å². The Kier molecular flexibility index (Phi) is 2.68. The molecule has 1 saturated heterocycles. The topological polar surface area (TPSA) is 12.0 Å². The van der Waals surface area contributed by atoms with E-state index in [-0.39, 0.29) is 0 Å². The van der Waals surface area contributed by atoms with Crippen molar-refractivity contribution in [2.75, 3.05) is 6.54 Å². The number of hydrogen-bond donors (Lipinski definition) is 1.